The monoisotopic (exact) mass is 456 g/mol. The second kappa shape index (κ2) is 11.5. The van der Waals surface area contributed by atoms with E-state index >= 15 is 0 Å². The molecule has 1 unspecified atom stereocenters. The molecule has 1 aliphatic rings. The predicted molar refractivity (Wildman–Crippen MR) is 135 cm³/mol. The molecule has 34 heavy (non-hydrogen) atoms. The minimum absolute atomic E-state index is 0.0413. The number of esters is 1. The number of ether oxygens (including phenoxy) is 1. The van der Waals surface area contributed by atoms with Crippen LogP contribution in [0.15, 0.2) is 78.9 Å². The fourth-order valence-electron chi connectivity index (χ4n) is 4.40. The molecule has 176 valence electrons. The number of carbonyl (C=O) groups excluding carboxylic acids is 2. The number of para-hydroxylation sites is 1. The summed E-state index contributed by atoms with van der Waals surface area (Å²) in [5, 5.41) is 3.14. The van der Waals surface area contributed by atoms with Crippen molar-refractivity contribution in [3.05, 3.63) is 101 Å². The number of anilines is 1. The fraction of sp³-hybridized carbons (Fsp3) is 0.310. The molecule has 1 aliphatic heterocycles. The van der Waals surface area contributed by atoms with Gasteiger partial charge in [-0.3, -0.25) is 4.79 Å². The molecular weight excluding hydrogens is 424 g/mol. The van der Waals surface area contributed by atoms with Gasteiger partial charge in [0.2, 0.25) is 5.91 Å². The van der Waals surface area contributed by atoms with Crippen molar-refractivity contribution in [3.63, 3.8) is 0 Å². The highest BCUT2D eigenvalue weighted by molar-refractivity contribution is 5.89. The molecule has 0 spiro atoms. The normalized spacial score (nSPS) is 14.3. The molecule has 4 rings (SSSR count). The Hall–Kier alpha value is -3.60. The lowest BCUT2D eigenvalue weighted by molar-refractivity contribution is -0.121. The number of carbonyl (C=O) groups is 2. The van der Waals surface area contributed by atoms with Gasteiger partial charge in [0, 0.05) is 18.8 Å². The third-order valence-corrected chi connectivity index (χ3v) is 6.24. The van der Waals surface area contributed by atoms with Gasteiger partial charge in [0.1, 0.15) is 6.61 Å². The Kier molecular flexibility index (Phi) is 7.97. The van der Waals surface area contributed by atoms with Crippen LogP contribution in [0.4, 0.5) is 5.69 Å². The molecule has 0 bridgehead atoms. The molecule has 3 aromatic rings. The van der Waals surface area contributed by atoms with Gasteiger partial charge in [0.05, 0.1) is 18.0 Å². The number of rotatable bonds is 8. The number of hydrogen-bond donors (Lipinski definition) is 1. The van der Waals surface area contributed by atoms with Crippen molar-refractivity contribution < 1.29 is 14.3 Å². The lowest BCUT2D eigenvalue weighted by atomic mass is 10.0. The molecular formula is C29H32N2O3. The van der Waals surface area contributed by atoms with Crippen molar-refractivity contribution in [1.29, 1.82) is 0 Å². The Morgan fingerprint density at radius 3 is 2.26 bits per heavy atom. The largest absolute Gasteiger partial charge is 0.457 e. The first-order valence-corrected chi connectivity index (χ1v) is 12.0. The van der Waals surface area contributed by atoms with E-state index in [0.717, 1.165) is 29.8 Å². The second-order valence-corrected chi connectivity index (χ2v) is 8.83. The average molecular weight is 457 g/mol. The first kappa shape index (κ1) is 23.6. The van der Waals surface area contributed by atoms with Gasteiger partial charge >= 0.3 is 5.97 Å². The molecule has 0 aromatic heterocycles. The Balaban J connectivity index is 1.31. The summed E-state index contributed by atoms with van der Waals surface area (Å²) in [7, 11) is 0. The van der Waals surface area contributed by atoms with Crippen LogP contribution in [0.2, 0.25) is 0 Å². The molecule has 1 heterocycles. The van der Waals surface area contributed by atoms with E-state index in [-0.39, 0.29) is 30.9 Å². The van der Waals surface area contributed by atoms with Crippen molar-refractivity contribution in [2.24, 2.45) is 0 Å². The Labute approximate surface area is 201 Å². The van der Waals surface area contributed by atoms with Crippen LogP contribution in [0.3, 0.4) is 0 Å². The summed E-state index contributed by atoms with van der Waals surface area (Å²) in [5.41, 5.74) is 4.64. The van der Waals surface area contributed by atoms with Crippen LogP contribution in [0, 0.1) is 0 Å². The van der Waals surface area contributed by atoms with E-state index < -0.39 is 0 Å². The maximum atomic E-state index is 12.7. The summed E-state index contributed by atoms with van der Waals surface area (Å²) in [6.45, 7) is 4.41. The van der Waals surface area contributed by atoms with Gasteiger partial charge in [0.15, 0.2) is 0 Å². The number of nitrogens with zero attached hydrogens (tertiary/aromatic N) is 1. The zero-order valence-electron chi connectivity index (χ0n) is 19.7. The number of nitrogens with one attached hydrogen (secondary N) is 1. The summed E-state index contributed by atoms with van der Waals surface area (Å²) in [5.74, 6) is -0.414. The minimum atomic E-state index is -0.372. The topological polar surface area (TPSA) is 58.6 Å². The highest BCUT2D eigenvalue weighted by Crippen LogP contribution is 2.28. The standard InChI is InChI=1S/C29H32N2O3/c1-22(26-12-6-7-13-27(26)31-18-8-3-9-19-31)30-28(32)20-23-14-16-25(17-15-23)29(33)34-21-24-10-4-2-5-11-24/h2,4-7,10-17,22H,3,8-9,18-21H2,1H3,(H,30,32). The number of benzene rings is 3. The van der Waals surface area contributed by atoms with Gasteiger partial charge in [-0.05, 0) is 61.1 Å². The van der Waals surface area contributed by atoms with Crippen LogP contribution < -0.4 is 10.2 Å². The molecule has 0 radical (unpaired) electrons. The maximum Gasteiger partial charge on any atom is 0.338 e. The smallest absolute Gasteiger partial charge is 0.338 e. The quantitative estimate of drug-likeness (QED) is 0.458. The zero-order chi connectivity index (χ0) is 23.8. The highest BCUT2D eigenvalue weighted by Gasteiger charge is 2.19. The van der Waals surface area contributed by atoms with Crippen molar-refractivity contribution in [3.8, 4) is 0 Å². The van der Waals surface area contributed by atoms with E-state index in [9.17, 15) is 9.59 Å². The van der Waals surface area contributed by atoms with Crippen LogP contribution >= 0.6 is 0 Å². The van der Waals surface area contributed by atoms with Crippen LogP contribution in [0.25, 0.3) is 0 Å². The van der Waals surface area contributed by atoms with E-state index in [1.807, 2.05) is 55.5 Å². The summed E-state index contributed by atoms with van der Waals surface area (Å²) in [6.07, 6.45) is 3.97. The highest BCUT2D eigenvalue weighted by atomic mass is 16.5. The molecule has 0 saturated carbocycles. The number of piperidine rings is 1. The van der Waals surface area contributed by atoms with E-state index in [2.05, 4.69) is 28.4 Å². The summed E-state index contributed by atoms with van der Waals surface area (Å²) >= 11 is 0. The fourth-order valence-corrected chi connectivity index (χ4v) is 4.40. The molecule has 1 atom stereocenters. The molecule has 5 heteroatoms. The summed E-state index contributed by atoms with van der Waals surface area (Å²) < 4.78 is 5.38. The van der Waals surface area contributed by atoms with Gasteiger partial charge < -0.3 is 15.0 Å². The van der Waals surface area contributed by atoms with Crippen LogP contribution in [-0.2, 0) is 22.6 Å². The van der Waals surface area contributed by atoms with Gasteiger partial charge in [-0.15, -0.1) is 0 Å². The maximum absolute atomic E-state index is 12.7. The molecule has 1 fully saturated rings. The van der Waals surface area contributed by atoms with Gasteiger partial charge in [0.25, 0.3) is 0 Å². The first-order valence-electron chi connectivity index (χ1n) is 12.0. The Morgan fingerprint density at radius 2 is 1.53 bits per heavy atom. The molecule has 1 N–H and O–H groups in total. The number of amides is 1. The van der Waals surface area contributed by atoms with Crippen LogP contribution in [0.1, 0.15) is 59.3 Å². The van der Waals surface area contributed by atoms with Crippen molar-refractivity contribution in [2.45, 2.75) is 45.3 Å². The lowest BCUT2D eigenvalue weighted by Gasteiger charge is -2.32. The third kappa shape index (κ3) is 6.25. The van der Waals surface area contributed by atoms with E-state index in [1.165, 1.54) is 24.9 Å². The molecule has 1 saturated heterocycles. The first-order chi connectivity index (χ1) is 16.6. The zero-order valence-corrected chi connectivity index (χ0v) is 19.7. The van der Waals surface area contributed by atoms with E-state index in [4.69, 9.17) is 4.74 Å². The molecule has 0 aliphatic carbocycles. The SMILES string of the molecule is CC(NC(=O)Cc1ccc(C(=O)OCc2ccccc2)cc1)c1ccccc1N1CCCCC1. The van der Waals surface area contributed by atoms with Gasteiger partial charge in [-0.25, -0.2) is 4.79 Å². The van der Waals surface area contributed by atoms with Crippen molar-refractivity contribution in [1.82, 2.24) is 5.32 Å². The van der Waals surface area contributed by atoms with Crippen molar-refractivity contribution in [2.75, 3.05) is 18.0 Å². The Bertz CT molecular complexity index is 1090. The van der Waals surface area contributed by atoms with Gasteiger partial charge in [-0.1, -0.05) is 60.7 Å². The molecule has 1 amide bonds. The van der Waals surface area contributed by atoms with Crippen molar-refractivity contribution >= 4 is 17.6 Å². The number of hydrogen-bond acceptors (Lipinski definition) is 4. The predicted octanol–water partition coefficient (Wildman–Crippen LogP) is 5.45. The van der Waals surface area contributed by atoms with Crippen LogP contribution in [-0.4, -0.2) is 25.0 Å². The van der Waals surface area contributed by atoms with Gasteiger partial charge in [-0.2, -0.15) is 0 Å². The lowest BCUT2D eigenvalue weighted by Crippen LogP contribution is -2.33. The average Bonchev–Trinajstić information content (AvgIpc) is 2.88. The van der Waals surface area contributed by atoms with E-state index in [1.54, 1.807) is 12.1 Å². The molecule has 3 aromatic carbocycles. The Morgan fingerprint density at radius 1 is 0.853 bits per heavy atom. The summed E-state index contributed by atoms with van der Waals surface area (Å²) in [4.78, 5) is 27.5. The minimum Gasteiger partial charge on any atom is -0.457 e. The third-order valence-electron chi connectivity index (χ3n) is 6.24. The molecule has 5 nitrogen and oxygen atoms in total. The second-order valence-electron chi connectivity index (χ2n) is 8.83. The summed E-state index contributed by atoms with van der Waals surface area (Å²) in [6, 6.07) is 24.9. The van der Waals surface area contributed by atoms with Crippen LogP contribution in [0.5, 0.6) is 0 Å². The van der Waals surface area contributed by atoms with E-state index in [0.29, 0.717) is 5.56 Å².